The number of fused-ring (bicyclic) bond motifs is 4. The van der Waals surface area contributed by atoms with Gasteiger partial charge in [-0.2, -0.15) is 0 Å². The minimum Gasteiger partial charge on any atom is -0.455 e. The fourth-order valence-electron chi connectivity index (χ4n) is 8.73. The molecular weight excluding hydrogens is 727 g/mol. The number of rotatable bonds is 8. The maximum atomic E-state index is 6.73. The average molecular weight is 766 g/mol. The zero-order chi connectivity index (χ0) is 39.8. The summed E-state index contributed by atoms with van der Waals surface area (Å²) < 4.78 is 6.73. The predicted molar refractivity (Wildman–Crippen MR) is 253 cm³/mol. The maximum absolute atomic E-state index is 6.73. The van der Waals surface area contributed by atoms with E-state index in [9.17, 15) is 0 Å². The summed E-state index contributed by atoms with van der Waals surface area (Å²) in [6.07, 6.45) is 0. The summed E-state index contributed by atoms with van der Waals surface area (Å²) in [5.74, 6) is 0.855. The summed E-state index contributed by atoms with van der Waals surface area (Å²) in [7, 11) is 0. The normalized spacial score (nSPS) is 11.3. The van der Waals surface area contributed by atoms with Gasteiger partial charge in [-0.1, -0.05) is 194 Å². The Labute approximate surface area is 349 Å². The van der Waals surface area contributed by atoms with Crippen molar-refractivity contribution in [3.8, 4) is 55.8 Å². The minimum absolute atomic E-state index is 0.855. The topological polar surface area (TPSA) is 16.4 Å². The summed E-state index contributed by atoms with van der Waals surface area (Å²) >= 11 is 0. The van der Waals surface area contributed by atoms with E-state index in [0.29, 0.717) is 0 Å². The van der Waals surface area contributed by atoms with Crippen LogP contribution in [0.3, 0.4) is 0 Å². The van der Waals surface area contributed by atoms with Gasteiger partial charge in [0.25, 0.3) is 0 Å². The fraction of sp³-hybridized carbons (Fsp3) is 0. The Hall–Kier alpha value is -7.94. The van der Waals surface area contributed by atoms with Gasteiger partial charge in [0.2, 0.25) is 0 Å². The molecule has 0 unspecified atom stereocenters. The molecule has 0 aliphatic carbocycles. The molecule has 11 rings (SSSR count). The van der Waals surface area contributed by atoms with Crippen LogP contribution in [0.1, 0.15) is 0 Å². The number of anilines is 3. The fourth-order valence-corrected chi connectivity index (χ4v) is 8.73. The summed E-state index contributed by atoms with van der Waals surface area (Å²) in [6, 6.07) is 84.7. The molecular formula is C58H39NO. The first kappa shape index (κ1) is 35.2. The Morgan fingerprint density at radius 1 is 0.300 bits per heavy atom. The molecule has 0 bridgehead atoms. The largest absolute Gasteiger partial charge is 0.455 e. The van der Waals surface area contributed by atoms with Crippen LogP contribution in [-0.2, 0) is 0 Å². The van der Waals surface area contributed by atoms with Crippen LogP contribution in [0.2, 0.25) is 0 Å². The minimum atomic E-state index is 0.855. The van der Waals surface area contributed by atoms with Gasteiger partial charge in [0, 0.05) is 33.5 Å². The molecule has 0 saturated carbocycles. The van der Waals surface area contributed by atoms with Gasteiger partial charge in [-0.3, -0.25) is 0 Å². The molecule has 282 valence electrons. The van der Waals surface area contributed by atoms with Crippen molar-refractivity contribution in [2.24, 2.45) is 0 Å². The second kappa shape index (κ2) is 15.1. The van der Waals surface area contributed by atoms with E-state index in [0.717, 1.165) is 61.6 Å². The Bertz CT molecular complexity index is 3290. The molecule has 0 aliphatic rings. The monoisotopic (exact) mass is 765 g/mol. The molecule has 0 fully saturated rings. The Balaban J connectivity index is 1.05. The molecule has 0 atom stereocenters. The number of hydrogen-bond acceptors (Lipinski definition) is 2. The Kier molecular flexibility index (Phi) is 8.87. The first-order valence-electron chi connectivity index (χ1n) is 20.5. The first-order chi connectivity index (χ1) is 29.7. The van der Waals surface area contributed by atoms with Gasteiger partial charge in [-0.25, -0.2) is 0 Å². The SMILES string of the molecule is c1ccc(-c2ccc(-c3ccccc3N(c3ccc(-c4ccc5c(ccc6ccccc65)c4)cc3)c3cccc(-c4oc5ccccc5c4-c4ccccc4)c3)cc2)cc1. The number of benzene rings is 10. The average Bonchev–Trinajstić information content (AvgIpc) is 3.73. The van der Waals surface area contributed by atoms with Crippen LogP contribution < -0.4 is 4.90 Å². The van der Waals surface area contributed by atoms with E-state index >= 15 is 0 Å². The molecule has 0 amide bonds. The van der Waals surface area contributed by atoms with Gasteiger partial charge in [0.15, 0.2) is 0 Å². The van der Waals surface area contributed by atoms with Crippen molar-refractivity contribution in [3.05, 3.63) is 237 Å². The third kappa shape index (κ3) is 6.41. The van der Waals surface area contributed by atoms with Crippen molar-refractivity contribution in [3.63, 3.8) is 0 Å². The molecule has 0 N–H and O–H groups in total. The van der Waals surface area contributed by atoms with Crippen LogP contribution in [0, 0.1) is 0 Å². The Morgan fingerprint density at radius 2 is 0.867 bits per heavy atom. The lowest BCUT2D eigenvalue weighted by molar-refractivity contribution is 0.632. The van der Waals surface area contributed by atoms with Gasteiger partial charge in [-0.05, 0) is 97.4 Å². The van der Waals surface area contributed by atoms with Crippen molar-refractivity contribution >= 4 is 49.6 Å². The van der Waals surface area contributed by atoms with E-state index in [1.54, 1.807) is 0 Å². The van der Waals surface area contributed by atoms with E-state index < -0.39 is 0 Å². The molecule has 0 radical (unpaired) electrons. The highest BCUT2D eigenvalue weighted by Gasteiger charge is 2.21. The van der Waals surface area contributed by atoms with Crippen molar-refractivity contribution in [2.75, 3.05) is 4.90 Å². The first-order valence-corrected chi connectivity index (χ1v) is 20.5. The highest BCUT2D eigenvalue weighted by atomic mass is 16.3. The molecule has 10 aromatic carbocycles. The van der Waals surface area contributed by atoms with Crippen LogP contribution >= 0.6 is 0 Å². The molecule has 0 spiro atoms. The standard InChI is InChI=1S/C58H39NO/c1-3-14-40(15-4-1)41-26-28-44(29-27-41)53-22-9-11-24-55(53)59(49-35-32-42(33-36-49)46-34-37-52-47(38-46)31-30-43-16-7-8-21-51(43)52)50-20-13-19-48(39-50)58-57(45-17-5-2-6-18-45)54-23-10-12-25-56(54)60-58/h1-39H. The molecule has 0 saturated heterocycles. The van der Waals surface area contributed by atoms with E-state index in [-0.39, 0.29) is 0 Å². The predicted octanol–water partition coefficient (Wildman–Crippen LogP) is 16.5. The summed E-state index contributed by atoms with van der Waals surface area (Å²) in [5, 5.41) is 6.15. The zero-order valence-electron chi connectivity index (χ0n) is 32.9. The number of furan rings is 1. The number of nitrogens with zero attached hydrogens (tertiary/aromatic N) is 1. The molecule has 0 aliphatic heterocycles. The van der Waals surface area contributed by atoms with E-state index in [4.69, 9.17) is 4.42 Å². The van der Waals surface area contributed by atoms with E-state index in [1.807, 2.05) is 6.07 Å². The number of hydrogen-bond donors (Lipinski definition) is 0. The van der Waals surface area contributed by atoms with Gasteiger partial charge < -0.3 is 9.32 Å². The van der Waals surface area contributed by atoms with Crippen LogP contribution in [0.15, 0.2) is 241 Å². The Morgan fingerprint density at radius 3 is 1.68 bits per heavy atom. The van der Waals surface area contributed by atoms with Crippen LogP contribution in [0.25, 0.3) is 88.3 Å². The van der Waals surface area contributed by atoms with Crippen molar-refractivity contribution < 1.29 is 4.42 Å². The maximum Gasteiger partial charge on any atom is 0.143 e. The zero-order valence-corrected chi connectivity index (χ0v) is 32.9. The lowest BCUT2D eigenvalue weighted by atomic mass is 9.96. The van der Waals surface area contributed by atoms with Crippen molar-refractivity contribution in [1.82, 2.24) is 0 Å². The molecule has 2 heteroatoms. The van der Waals surface area contributed by atoms with Crippen molar-refractivity contribution in [1.29, 1.82) is 0 Å². The second-order valence-corrected chi connectivity index (χ2v) is 15.3. The second-order valence-electron chi connectivity index (χ2n) is 15.3. The lowest BCUT2D eigenvalue weighted by Gasteiger charge is -2.28. The van der Waals surface area contributed by atoms with Gasteiger partial charge in [-0.15, -0.1) is 0 Å². The third-order valence-corrected chi connectivity index (χ3v) is 11.7. The number of para-hydroxylation sites is 2. The molecule has 1 aromatic heterocycles. The van der Waals surface area contributed by atoms with Gasteiger partial charge in [0.1, 0.15) is 11.3 Å². The summed E-state index contributed by atoms with van der Waals surface area (Å²) in [5.41, 5.74) is 14.3. The molecule has 2 nitrogen and oxygen atoms in total. The summed E-state index contributed by atoms with van der Waals surface area (Å²) in [4.78, 5) is 2.38. The third-order valence-electron chi connectivity index (χ3n) is 11.7. The molecule has 1 heterocycles. The quantitative estimate of drug-likeness (QED) is 0.143. The van der Waals surface area contributed by atoms with Gasteiger partial charge >= 0.3 is 0 Å². The summed E-state index contributed by atoms with van der Waals surface area (Å²) in [6.45, 7) is 0. The van der Waals surface area contributed by atoms with E-state index in [2.05, 4.69) is 235 Å². The molecule has 60 heavy (non-hydrogen) atoms. The lowest BCUT2D eigenvalue weighted by Crippen LogP contribution is -2.11. The highest BCUT2D eigenvalue weighted by Crippen LogP contribution is 2.45. The van der Waals surface area contributed by atoms with E-state index in [1.165, 1.54) is 43.8 Å². The highest BCUT2D eigenvalue weighted by molar-refractivity contribution is 6.08. The van der Waals surface area contributed by atoms with Crippen molar-refractivity contribution in [2.45, 2.75) is 0 Å². The van der Waals surface area contributed by atoms with Crippen LogP contribution in [-0.4, -0.2) is 0 Å². The molecule has 11 aromatic rings. The smallest absolute Gasteiger partial charge is 0.143 e. The van der Waals surface area contributed by atoms with Crippen LogP contribution in [0.4, 0.5) is 17.1 Å². The van der Waals surface area contributed by atoms with Gasteiger partial charge in [0.05, 0.1) is 5.69 Å². The van der Waals surface area contributed by atoms with Crippen LogP contribution in [0.5, 0.6) is 0 Å².